The Morgan fingerprint density at radius 2 is 0.987 bits per heavy atom. The van der Waals surface area contributed by atoms with Crippen molar-refractivity contribution in [2.75, 3.05) is 24.9 Å². The van der Waals surface area contributed by atoms with Gasteiger partial charge in [-0.15, -0.1) is 15.3 Å². The van der Waals surface area contributed by atoms with E-state index in [2.05, 4.69) is 31.1 Å². The molecule has 0 fully saturated rings. The number of aromatic hydroxyl groups is 1. The largest absolute Gasteiger partial charge is 2.00 e. The van der Waals surface area contributed by atoms with Crippen molar-refractivity contribution in [1.29, 1.82) is 0 Å². The van der Waals surface area contributed by atoms with Crippen LogP contribution in [0.3, 0.4) is 0 Å². The Balaban J connectivity index is 0.000000241. The molecule has 0 aliphatic carbocycles. The van der Waals surface area contributed by atoms with Gasteiger partial charge in [0.1, 0.15) is 43.6 Å². The average Bonchev–Trinajstić information content (AvgIpc) is 3.38. The summed E-state index contributed by atoms with van der Waals surface area (Å²) in [5.41, 5.74) is 0.848. The molecule has 4 N–H and O–H groups in total. The summed E-state index contributed by atoms with van der Waals surface area (Å²) < 4.78 is 79.2. The van der Waals surface area contributed by atoms with Crippen LogP contribution in [0.5, 0.6) is 23.0 Å². The van der Waals surface area contributed by atoms with Crippen molar-refractivity contribution in [3.63, 3.8) is 0 Å². The first-order chi connectivity index (χ1) is 35.3. The van der Waals surface area contributed by atoms with Gasteiger partial charge >= 0.3 is 37.7 Å². The molecule has 0 saturated heterocycles. The summed E-state index contributed by atoms with van der Waals surface area (Å²) in [4.78, 5) is 24.9. The van der Waals surface area contributed by atoms with Crippen molar-refractivity contribution >= 4 is 149 Å². The number of rotatable bonds is 14. The van der Waals surface area contributed by atoms with E-state index >= 15 is 0 Å². The first kappa shape index (κ1) is 57.6. The van der Waals surface area contributed by atoms with E-state index < -0.39 is 53.3 Å². The van der Waals surface area contributed by atoms with Crippen LogP contribution in [-0.4, -0.2) is 94.8 Å². The summed E-state index contributed by atoms with van der Waals surface area (Å²) in [5, 5.41) is 47.8. The Bertz CT molecular complexity index is 3530. The topological polar surface area (TPSA) is 281 Å². The van der Waals surface area contributed by atoms with E-state index in [9.17, 15) is 45.7 Å². The summed E-state index contributed by atoms with van der Waals surface area (Å²) in [6, 6.07) is 34.9. The Labute approximate surface area is 470 Å². The van der Waals surface area contributed by atoms with Gasteiger partial charge in [0.2, 0.25) is 0 Å². The number of nitrogens with zero attached hydrogens (tertiary/aromatic N) is 4. The van der Waals surface area contributed by atoms with E-state index in [-0.39, 0.29) is 81.7 Å². The first-order valence-corrected chi connectivity index (χ1v) is 25.7. The summed E-state index contributed by atoms with van der Waals surface area (Å²) in [6.45, 7) is 3.61. The van der Waals surface area contributed by atoms with Gasteiger partial charge in [0.25, 0.3) is 21.9 Å². The molecule has 380 valence electrons. The van der Waals surface area contributed by atoms with E-state index in [1.54, 1.807) is 104 Å². The Kier molecular flexibility index (Phi) is 19.0. The minimum Gasteiger partial charge on any atom is -0.870 e. The fraction of sp³-hybridized carbons (Fsp3) is 0.115. The average molecular weight is 1120 g/mol. The number of aryl methyl sites for hydroxylation is 2. The van der Waals surface area contributed by atoms with Crippen molar-refractivity contribution in [1.82, 2.24) is 0 Å². The van der Waals surface area contributed by atoms with E-state index in [0.29, 0.717) is 68.4 Å². The molecule has 0 heterocycles. The quantitative estimate of drug-likeness (QED) is 0.0449. The van der Waals surface area contributed by atoms with Gasteiger partial charge in [0, 0.05) is 27.7 Å². The van der Waals surface area contributed by atoms with E-state index in [1.807, 2.05) is 6.92 Å². The number of carbonyl (C=O) groups is 2. The third-order valence-corrected chi connectivity index (χ3v) is 13.9. The zero-order valence-corrected chi connectivity index (χ0v) is 45.5. The second kappa shape index (κ2) is 24.7. The van der Waals surface area contributed by atoms with Crippen LogP contribution in [0.1, 0.15) is 45.7 Å². The van der Waals surface area contributed by atoms with Crippen LogP contribution in [0.25, 0.3) is 21.5 Å². The summed E-state index contributed by atoms with van der Waals surface area (Å²) in [5.74, 6) is -1.27. The van der Waals surface area contributed by atoms with Crippen LogP contribution in [0.2, 0.25) is 10.0 Å². The van der Waals surface area contributed by atoms with E-state index in [4.69, 9.17) is 32.7 Å². The molecule has 0 saturated carbocycles. The predicted molar refractivity (Wildman–Crippen MR) is 284 cm³/mol. The number of hydrogen-bond donors (Lipinski definition) is 4. The van der Waals surface area contributed by atoms with Crippen LogP contribution in [-0.2, 0) is 33.1 Å². The number of fused-ring (bicyclic) bond motifs is 2. The second-order valence-corrected chi connectivity index (χ2v) is 19.3. The van der Waals surface area contributed by atoms with Gasteiger partial charge in [-0.1, -0.05) is 103 Å². The summed E-state index contributed by atoms with van der Waals surface area (Å²) >= 11 is 12.7. The molecule has 23 heteroatoms. The number of halogens is 2. The maximum absolute atomic E-state index is 13.4. The standard InChI is InChI=1S/2C26H22ClN3O6S.Ca/c2*1-3-15-8-13-21(37(33,34)35)24(22(15)27)30-29-23-19-7-5-4-6-16(19)14-20(25(23)31)26(32)28-17-9-11-18(36-2)12-10-17;/h2*4-14,31H,3H2,1-2H3,(H,28,32)(H,33,34,35);/q;;+2/p-2. The van der Waals surface area contributed by atoms with Gasteiger partial charge < -0.3 is 34.9 Å². The fourth-order valence-corrected chi connectivity index (χ4v) is 9.46. The summed E-state index contributed by atoms with van der Waals surface area (Å²) in [6.07, 6.45) is 0.916. The van der Waals surface area contributed by atoms with E-state index in [0.717, 1.165) is 6.07 Å². The fourth-order valence-electron chi connectivity index (χ4n) is 7.43. The number of amides is 2. The number of phenols is 1. The molecular formula is C52H42CaCl2N6O12S2. The van der Waals surface area contributed by atoms with Crippen LogP contribution in [0.4, 0.5) is 34.1 Å². The minimum absolute atomic E-state index is 0. The van der Waals surface area contributed by atoms with Gasteiger partial charge in [0.05, 0.1) is 40.4 Å². The van der Waals surface area contributed by atoms with Crippen molar-refractivity contribution in [2.45, 2.75) is 36.5 Å². The van der Waals surface area contributed by atoms with Crippen LogP contribution < -0.4 is 25.2 Å². The zero-order chi connectivity index (χ0) is 53.5. The molecule has 75 heavy (non-hydrogen) atoms. The van der Waals surface area contributed by atoms with Crippen molar-refractivity contribution in [3.8, 4) is 23.0 Å². The maximum atomic E-state index is 13.4. The minimum atomic E-state index is -4.94. The number of azo groups is 2. The van der Waals surface area contributed by atoms with Crippen LogP contribution in [0.15, 0.2) is 164 Å². The Hall–Kier alpha value is -6.72. The molecule has 8 rings (SSSR count). The SMILES string of the molecule is CCc1ccc(S(=O)(=O)O)c(N=Nc2c(O)c(C(=O)Nc3ccc(OC)cc3)cc3ccccc23)c1Cl.CCc1ccc(S(=O)(=O)[O-])c(N=Nc2c([O-])c(C(=O)Nc3ccc(OC)cc3)cc3ccccc23)c1Cl.[Ca+2]. The predicted octanol–water partition coefficient (Wildman–Crippen LogP) is 12.0. The molecule has 0 atom stereocenters. The second-order valence-electron chi connectivity index (χ2n) is 15.8. The normalized spacial score (nSPS) is 11.5. The molecular weight excluding hydrogens is 1080 g/mol. The summed E-state index contributed by atoms with van der Waals surface area (Å²) in [7, 11) is -6.56. The number of nitrogens with one attached hydrogen (secondary N) is 2. The number of ether oxygens (including phenoxy) is 2. The zero-order valence-electron chi connectivity index (χ0n) is 40.2. The Morgan fingerprint density at radius 3 is 1.44 bits per heavy atom. The van der Waals surface area contributed by atoms with Crippen molar-refractivity contribution < 1.29 is 55.2 Å². The number of phenolic OH excluding ortho intramolecular Hbond substituents is 1. The number of anilines is 2. The molecule has 2 amide bonds. The molecule has 18 nitrogen and oxygen atoms in total. The van der Waals surface area contributed by atoms with Gasteiger partial charge in [0.15, 0.2) is 5.75 Å². The molecule has 0 spiro atoms. The van der Waals surface area contributed by atoms with Crippen molar-refractivity contribution in [3.05, 3.63) is 166 Å². The third-order valence-electron chi connectivity index (χ3n) is 11.3. The molecule has 0 aliphatic rings. The van der Waals surface area contributed by atoms with Gasteiger partial charge in [-0.05, 0) is 108 Å². The molecule has 0 aromatic heterocycles. The molecule has 0 unspecified atom stereocenters. The Morgan fingerprint density at radius 1 is 0.587 bits per heavy atom. The molecule has 0 aliphatic heterocycles. The monoisotopic (exact) mass is 1120 g/mol. The van der Waals surface area contributed by atoms with Crippen molar-refractivity contribution in [2.24, 2.45) is 20.5 Å². The first-order valence-electron chi connectivity index (χ1n) is 22.1. The molecule has 8 aromatic carbocycles. The van der Waals surface area contributed by atoms with Gasteiger partial charge in [-0.3, -0.25) is 14.1 Å². The van der Waals surface area contributed by atoms with Gasteiger partial charge in [-0.2, -0.15) is 13.5 Å². The third kappa shape index (κ3) is 13.2. The number of hydrogen-bond acceptors (Lipinski definition) is 15. The van der Waals surface area contributed by atoms with E-state index in [1.165, 1.54) is 44.6 Å². The number of methoxy groups -OCH3 is 2. The number of carbonyl (C=O) groups excluding carboxylic acids is 2. The smallest absolute Gasteiger partial charge is 0.870 e. The molecule has 8 aromatic rings. The molecule has 0 bridgehead atoms. The van der Waals surface area contributed by atoms with Crippen LogP contribution >= 0.6 is 23.2 Å². The van der Waals surface area contributed by atoms with Crippen LogP contribution in [0, 0.1) is 0 Å². The van der Waals surface area contributed by atoms with Gasteiger partial charge in [-0.25, -0.2) is 8.42 Å². The molecule has 0 radical (unpaired) electrons. The number of benzene rings is 8. The maximum Gasteiger partial charge on any atom is 2.00 e.